The first-order valence-electron chi connectivity index (χ1n) is 5.16. The monoisotopic (exact) mass is 270 g/mol. The zero-order valence-corrected chi connectivity index (χ0v) is 10.4. The van der Waals surface area contributed by atoms with Crippen LogP contribution in [0, 0.1) is 6.92 Å². The summed E-state index contributed by atoms with van der Waals surface area (Å²) in [6.45, 7) is 4.65. The zero-order valence-electron chi connectivity index (χ0n) is 8.82. The maximum Gasteiger partial charge on any atom is 0.128 e. The molecule has 2 heterocycles. The van der Waals surface area contributed by atoms with E-state index in [2.05, 4.69) is 37.9 Å². The van der Waals surface area contributed by atoms with Gasteiger partial charge in [-0.2, -0.15) is 0 Å². The van der Waals surface area contributed by atoms with E-state index in [9.17, 15) is 0 Å². The average molecular weight is 271 g/mol. The molecule has 15 heavy (non-hydrogen) atoms. The Kier molecular flexibility index (Phi) is 3.59. The summed E-state index contributed by atoms with van der Waals surface area (Å²) in [4.78, 5) is 6.80. The van der Waals surface area contributed by atoms with Crippen LogP contribution in [-0.4, -0.2) is 36.1 Å². The van der Waals surface area contributed by atoms with Gasteiger partial charge in [0, 0.05) is 24.1 Å². The van der Waals surface area contributed by atoms with E-state index in [1.165, 1.54) is 0 Å². The van der Waals surface area contributed by atoms with E-state index in [1.807, 2.05) is 13.0 Å². The Labute approximate surface area is 98.6 Å². The maximum absolute atomic E-state index is 5.59. The summed E-state index contributed by atoms with van der Waals surface area (Å²) in [5.74, 6) is 1.06. The molecule has 0 aromatic carbocycles. The fraction of sp³-hybridized carbons (Fsp3) is 0.545. The van der Waals surface area contributed by atoms with Crippen molar-refractivity contribution in [1.82, 2.24) is 4.98 Å². The molecular formula is C11H15BrN2O. The molecule has 0 amide bonds. The van der Waals surface area contributed by atoms with E-state index in [4.69, 9.17) is 4.74 Å². The van der Waals surface area contributed by atoms with Crippen LogP contribution in [0.2, 0.25) is 0 Å². The Morgan fingerprint density at radius 1 is 1.60 bits per heavy atom. The lowest BCUT2D eigenvalue weighted by Crippen LogP contribution is -2.43. The second-order valence-corrected chi connectivity index (χ2v) is 4.38. The number of rotatable bonds is 2. The van der Waals surface area contributed by atoms with Crippen LogP contribution in [-0.2, 0) is 4.74 Å². The highest BCUT2D eigenvalue weighted by Crippen LogP contribution is 2.16. The number of nitrogens with zero attached hydrogens (tertiary/aromatic N) is 2. The van der Waals surface area contributed by atoms with Crippen LogP contribution in [0.1, 0.15) is 5.69 Å². The summed E-state index contributed by atoms with van der Waals surface area (Å²) >= 11 is 3.45. The lowest BCUT2D eigenvalue weighted by atomic mass is 10.3. The Balaban J connectivity index is 2.09. The Bertz CT molecular complexity index is 332. The molecule has 3 nitrogen and oxygen atoms in total. The molecule has 0 spiro atoms. The van der Waals surface area contributed by atoms with Crippen molar-refractivity contribution in [2.75, 3.05) is 29.9 Å². The summed E-state index contributed by atoms with van der Waals surface area (Å²) in [7, 11) is 0. The smallest absolute Gasteiger partial charge is 0.128 e. The largest absolute Gasteiger partial charge is 0.374 e. The molecule has 4 heteroatoms. The lowest BCUT2D eigenvalue weighted by molar-refractivity contribution is 0.0568. The van der Waals surface area contributed by atoms with Crippen LogP contribution in [0.3, 0.4) is 0 Å². The topological polar surface area (TPSA) is 25.4 Å². The van der Waals surface area contributed by atoms with Gasteiger partial charge in [0.05, 0.1) is 12.7 Å². The van der Waals surface area contributed by atoms with Crippen molar-refractivity contribution in [2.24, 2.45) is 0 Å². The second-order valence-electron chi connectivity index (χ2n) is 3.73. The molecule has 0 saturated carbocycles. The summed E-state index contributed by atoms with van der Waals surface area (Å²) in [5.41, 5.74) is 1.06. The van der Waals surface area contributed by atoms with Crippen molar-refractivity contribution >= 4 is 21.7 Å². The SMILES string of the molecule is Cc1cccc(N2CCOC(CBr)C2)n1. The first-order chi connectivity index (χ1) is 7.29. The number of hydrogen-bond acceptors (Lipinski definition) is 3. The summed E-state index contributed by atoms with van der Waals surface area (Å²) < 4.78 is 5.59. The number of ether oxygens (including phenoxy) is 1. The molecule has 1 aliphatic rings. The van der Waals surface area contributed by atoms with Crippen LogP contribution in [0.25, 0.3) is 0 Å². The van der Waals surface area contributed by atoms with Gasteiger partial charge in [0.15, 0.2) is 0 Å². The first-order valence-corrected chi connectivity index (χ1v) is 6.28. The summed E-state index contributed by atoms with van der Waals surface area (Å²) in [6, 6.07) is 6.13. The van der Waals surface area contributed by atoms with E-state index in [1.54, 1.807) is 0 Å². The van der Waals surface area contributed by atoms with Crippen molar-refractivity contribution in [3.8, 4) is 0 Å². The summed E-state index contributed by atoms with van der Waals surface area (Å²) in [5, 5.41) is 0.884. The van der Waals surface area contributed by atoms with Crippen LogP contribution in [0.5, 0.6) is 0 Å². The molecule has 0 radical (unpaired) electrons. The second kappa shape index (κ2) is 4.94. The van der Waals surface area contributed by atoms with Crippen molar-refractivity contribution in [1.29, 1.82) is 0 Å². The van der Waals surface area contributed by atoms with Gasteiger partial charge >= 0.3 is 0 Å². The van der Waals surface area contributed by atoms with Crippen molar-refractivity contribution in [2.45, 2.75) is 13.0 Å². The van der Waals surface area contributed by atoms with Gasteiger partial charge in [-0.15, -0.1) is 0 Å². The maximum atomic E-state index is 5.59. The fourth-order valence-electron chi connectivity index (χ4n) is 1.73. The number of aryl methyl sites for hydroxylation is 1. The molecule has 1 aromatic rings. The van der Waals surface area contributed by atoms with Gasteiger partial charge in [0.1, 0.15) is 5.82 Å². The molecule has 1 unspecified atom stereocenters. The van der Waals surface area contributed by atoms with Crippen molar-refractivity contribution in [3.63, 3.8) is 0 Å². The molecule has 2 rings (SSSR count). The Hall–Kier alpha value is -0.610. The van der Waals surface area contributed by atoms with Crippen LogP contribution in [0.15, 0.2) is 18.2 Å². The number of halogens is 1. The highest BCUT2D eigenvalue weighted by atomic mass is 79.9. The fourth-order valence-corrected chi connectivity index (χ4v) is 2.12. The lowest BCUT2D eigenvalue weighted by Gasteiger charge is -2.33. The minimum atomic E-state index is 0.279. The van der Waals surface area contributed by atoms with Gasteiger partial charge in [-0.25, -0.2) is 4.98 Å². The van der Waals surface area contributed by atoms with E-state index < -0.39 is 0 Å². The number of anilines is 1. The number of alkyl halides is 1. The van der Waals surface area contributed by atoms with E-state index in [-0.39, 0.29) is 6.10 Å². The zero-order chi connectivity index (χ0) is 10.7. The molecule has 1 saturated heterocycles. The van der Waals surface area contributed by atoms with E-state index in [0.717, 1.165) is 36.5 Å². The van der Waals surface area contributed by atoms with Crippen molar-refractivity contribution in [3.05, 3.63) is 23.9 Å². The van der Waals surface area contributed by atoms with E-state index >= 15 is 0 Å². The van der Waals surface area contributed by atoms with E-state index in [0.29, 0.717) is 0 Å². The van der Waals surface area contributed by atoms with Crippen LogP contribution in [0.4, 0.5) is 5.82 Å². The van der Waals surface area contributed by atoms with Crippen LogP contribution < -0.4 is 4.90 Å². The standard InChI is InChI=1S/C11H15BrN2O/c1-9-3-2-4-11(13-9)14-5-6-15-10(7-12)8-14/h2-4,10H,5-8H2,1H3. The molecule has 1 fully saturated rings. The summed E-state index contributed by atoms with van der Waals surface area (Å²) in [6.07, 6.45) is 0.279. The molecule has 0 N–H and O–H groups in total. The van der Waals surface area contributed by atoms with Gasteiger partial charge in [-0.1, -0.05) is 22.0 Å². The van der Waals surface area contributed by atoms with Crippen molar-refractivity contribution < 1.29 is 4.74 Å². The minimum absolute atomic E-state index is 0.279. The third-order valence-corrected chi connectivity index (χ3v) is 3.23. The van der Waals surface area contributed by atoms with Crippen LogP contribution >= 0.6 is 15.9 Å². The normalized spacial score (nSPS) is 21.7. The number of hydrogen-bond donors (Lipinski definition) is 0. The Morgan fingerprint density at radius 3 is 3.20 bits per heavy atom. The van der Waals surface area contributed by atoms with Gasteiger partial charge < -0.3 is 9.64 Å². The molecule has 1 aromatic heterocycles. The molecule has 1 aliphatic heterocycles. The highest BCUT2D eigenvalue weighted by Gasteiger charge is 2.20. The molecule has 1 atom stereocenters. The first kappa shape index (κ1) is 10.9. The minimum Gasteiger partial charge on any atom is -0.374 e. The third kappa shape index (κ3) is 2.69. The highest BCUT2D eigenvalue weighted by molar-refractivity contribution is 9.09. The molecule has 82 valence electrons. The number of morpholine rings is 1. The predicted molar refractivity (Wildman–Crippen MR) is 64.7 cm³/mol. The predicted octanol–water partition coefficient (Wildman–Crippen LogP) is 1.99. The van der Waals surface area contributed by atoms with Gasteiger partial charge in [0.25, 0.3) is 0 Å². The van der Waals surface area contributed by atoms with Gasteiger partial charge in [-0.05, 0) is 19.1 Å². The third-order valence-electron chi connectivity index (χ3n) is 2.51. The van der Waals surface area contributed by atoms with Gasteiger partial charge in [-0.3, -0.25) is 0 Å². The Morgan fingerprint density at radius 2 is 2.47 bits per heavy atom. The average Bonchev–Trinajstić information content (AvgIpc) is 2.29. The molecular weight excluding hydrogens is 256 g/mol. The number of aromatic nitrogens is 1. The van der Waals surface area contributed by atoms with Gasteiger partial charge in [0.2, 0.25) is 0 Å². The molecule has 0 bridgehead atoms. The quantitative estimate of drug-likeness (QED) is 0.769. The molecule has 0 aliphatic carbocycles. The number of pyridine rings is 1.